The Hall–Kier alpha value is -1.98. The molecule has 1 aromatic carbocycles. The molecular formula is C14H22N4O2. The van der Waals surface area contributed by atoms with Gasteiger partial charge < -0.3 is 0 Å². The first-order valence-electron chi connectivity index (χ1n) is 6.69. The second kappa shape index (κ2) is 6.45. The summed E-state index contributed by atoms with van der Waals surface area (Å²) in [6.07, 6.45) is 0. The summed E-state index contributed by atoms with van der Waals surface area (Å²) in [7, 11) is 0. The van der Waals surface area contributed by atoms with Gasteiger partial charge in [0.25, 0.3) is 5.69 Å². The van der Waals surface area contributed by atoms with Crippen LogP contribution in [0.2, 0.25) is 0 Å². The lowest BCUT2D eigenvalue weighted by Crippen LogP contribution is -2.31. The van der Waals surface area contributed by atoms with Crippen LogP contribution in [0.5, 0.6) is 0 Å². The minimum Gasteiger partial charge on any atom is -0.273 e. The molecule has 0 saturated carbocycles. The van der Waals surface area contributed by atoms with E-state index in [1.807, 2.05) is 46.6 Å². The van der Waals surface area contributed by atoms with Crippen molar-refractivity contribution in [2.75, 3.05) is 0 Å². The molecule has 0 aromatic heterocycles. The molecule has 0 unspecified atom stereocenters. The molecule has 0 spiro atoms. The predicted octanol–water partition coefficient (Wildman–Crippen LogP) is 4.33. The molecular weight excluding hydrogens is 256 g/mol. The summed E-state index contributed by atoms with van der Waals surface area (Å²) in [5, 5.41) is 21.1. The highest BCUT2D eigenvalue weighted by Gasteiger charge is 2.17. The van der Waals surface area contributed by atoms with E-state index in [-0.39, 0.29) is 17.8 Å². The molecule has 0 saturated heterocycles. The molecule has 0 aliphatic rings. The largest absolute Gasteiger partial charge is 0.297 e. The van der Waals surface area contributed by atoms with Gasteiger partial charge in [0.1, 0.15) is 0 Å². The minimum absolute atomic E-state index is 0.00990. The second-order valence-electron chi connectivity index (χ2n) is 5.44. The number of nitro benzene ring substituents is 1. The van der Waals surface area contributed by atoms with Crippen LogP contribution in [0.1, 0.15) is 38.8 Å². The third-order valence-corrected chi connectivity index (χ3v) is 3.10. The Bertz CT molecular complexity index is 516. The number of aryl methyl sites for hydroxylation is 2. The molecule has 0 aliphatic heterocycles. The van der Waals surface area contributed by atoms with Crippen LogP contribution in [0.25, 0.3) is 0 Å². The second-order valence-corrected chi connectivity index (χ2v) is 5.44. The average Bonchev–Trinajstić information content (AvgIpc) is 2.32. The van der Waals surface area contributed by atoms with E-state index in [9.17, 15) is 10.1 Å². The van der Waals surface area contributed by atoms with E-state index in [1.165, 1.54) is 0 Å². The molecule has 20 heavy (non-hydrogen) atoms. The molecule has 6 nitrogen and oxygen atoms in total. The summed E-state index contributed by atoms with van der Waals surface area (Å²) in [5.41, 5.74) is 2.12. The van der Waals surface area contributed by atoms with Gasteiger partial charge in [-0.1, -0.05) is 5.22 Å². The quantitative estimate of drug-likeness (QED) is 0.457. The number of hydrogen-bond donors (Lipinski definition) is 0. The zero-order valence-corrected chi connectivity index (χ0v) is 12.9. The van der Waals surface area contributed by atoms with Gasteiger partial charge in [-0.25, -0.2) is 0 Å². The fourth-order valence-electron chi connectivity index (χ4n) is 1.91. The molecule has 0 radical (unpaired) electrons. The van der Waals surface area contributed by atoms with E-state index in [1.54, 1.807) is 12.1 Å². The lowest BCUT2D eigenvalue weighted by Gasteiger charge is -2.25. The van der Waals surface area contributed by atoms with Crippen LogP contribution < -0.4 is 0 Å². The van der Waals surface area contributed by atoms with Gasteiger partial charge in [-0.3, -0.25) is 15.1 Å². The number of hydrogen-bond acceptors (Lipinski definition) is 4. The van der Waals surface area contributed by atoms with Crippen LogP contribution in [-0.4, -0.2) is 22.0 Å². The Morgan fingerprint density at radius 1 is 1.10 bits per heavy atom. The van der Waals surface area contributed by atoms with Crippen molar-refractivity contribution < 1.29 is 4.92 Å². The summed E-state index contributed by atoms with van der Waals surface area (Å²) in [6, 6.07) is 3.61. The maximum atomic E-state index is 11.1. The van der Waals surface area contributed by atoms with Gasteiger partial charge in [0.05, 0.1) is 4.92 Å². The fourth-order valence-corrected chi connectivity index (χ4v) is 1.91. The number of rotatable bonds is 5. The van der Waals surface area contributed by atoms with Crippen molar-refractivity contribution in [3.63, 3.8) is 0 Å². The number of nitro groups is 1. The highest BCUT2D eigenvalue weighted by Crippen LogP contribution is 2.31. The smallest absolute Gasteiger partial charge is 0.273 e. The Morgan fingerprint density at radius 2 is 1.60 bits per heavy atom. The molecule has 0 heterocycles. The molecule has 0 atom stereocenters. The van der Waals surface area contributed by atoms with Gasteiger partial charge in [0, 0.05) is 18.2 Å². The summed E-state index contributed by atoms with van der Waals surface area (Å²) in [6.45, 7) is 11.8. The van der Waals surface area contributed by atoms with Crippen molar-refractivity contribution >= 4 is 11.4 Å². The van der Waals surface area contributed by atoms with E-state index < -0.39 is 4.92 Å². The summed E-state index contributed by atoms with van der Waals surface area (Å²) < 4.78 is 0. The van der Waals surface area contributed by atoms with Gasteiger partial charge in [-0.15, -0.1) is 5.11 Å². The van der Waals surface area contributed by atoms with E-state index in [2.05, 4.69) is 10.3 Å². The molecule has 0 N–H and O–H groups in total. The van der Waals surface area contributed by atoms with E-state index in [0.717, 1.165) is 11.1 Å². The Labute approximate surface area is 119 Å². The maximum absolute atomic E-state index is 11.1. The van der Waals surface area contributed by atoms with E-state index in [4.69, 9.17) is 0 Å². The molecule has 110 valence electrons. The van der Waals surface area contributed by atoms with Gasteiger partial charge in [-0.2, -0.15) is 0 Å². The van der Waals surface area contributed by atoms with E-state index >= 15 is 0 Å². The van der Waals surface area contributed by atoms with Gasteiger partial charge in [-0.05, 0) is 58.7 Å². The van der Waals surface area contributed by atoms with Crippen molar-refractivity contribution in [2.45, 2.75) is 53.6 Å². The number of benzene rings is 1. The lowest BCUT2D eigenvalue weighted by molar-refractivity contribution is -0.384. The zero-order chi connectivity index (χ0) is 15.4. The van der Waals surface area contributed by atoms with Crippen molar-refractivity contribution in [2.24, 2.45) is 10.3 Å². The molecule has 1 aromatic rings. The molecule has 0 aliphatic carbocycles. The monoisotopic (exact) mass is 278 g/mol. The summed E-state index contributed by atoms with van der Waals surface area (Å²) in [4.78, 5) is 10.7. The van der Waals surface area contributed by atoms with E-state index in [0.29, 0.717) is 5.69 Å². The van der Waals surface area contributed by atoms with Crippen molar-refractivity contribution in [3.05, 3.63) is 33.4 Å². The predicted molar refractivity (Wildman–Crippen MR) is 79.2 cm³/mol. The third-order valence-electron chi connectivity index (χ3n) is 3.10. The molecule has 0 amide bonds. The van der Waals surface area contributed by atoms with Crippen LogP contribution in [0.4, 0.5) is 11.4 Å². The van der Waals surface area contributed by atoms with Crippen LogP contribution >= 0.6 is 0 Å². The minimum atomic E-state index is -0.421. The first-order chi connectivity index (χ1) is 9.23. The molecule has 1 rings (SSSR count). The van der Waals surface area contributed by atoms with Crippen LogP contribution in [0, 0.1) is 24.0 Å². The highest BCUT2D eigenvalue weighted by atomic mass is 16.6. The lowest BCUT2D eigenvalue weighted by atomic mass is 10.1. The third kappa shape index (κ3) is 3.76. The van der Waals surface area contributed by atoms with Crippen molar-refractivity contribution in [3.8, 4) is 0 Å². The SMILES string of the molecule is Cc1cc(N=NN(C(C)C)C(C)C)c([N+](=O)[O-])cc1C. The normalized spacial score (nSPS) is 11.6. The summed E-state index contributed by atoms with van der Waals surface area (Å²) >= 11 is 0. The molecule has 0 bridgehead atoms. The number of nitrogens with zero attached hydrogens (tertiary/aromatic N) is 4. The Morgan fingerprint density at radius 3 is 2.05 bits per heavy atom. The Balaban J connectivity index is 3.19. The maximum Gasteiger partial charge on any atom is 0.297 e. The van der Waals surface area contributed by atoms with Crippen LogP contribution in [0.15, 0.2) is 22.5 Å². The zero-order valence-electron chi connectivity index (χ0n) is 12.9. The molecule has 6 heteroatoms. The van der Waals surface area contributed by atoms with Crippen LogP contribution in [-0.2, 0) is 0 Å². The fraction of sp³-hybridized carbons (Fsp3) is 0.571. The van der Waals surface area contributed by atoms with Gasteiger partial charge in [0.15, 0.2) is 5.69 Å². The van der Waals surface area contributed by atoms with Crippen molar-refractivity contribution in [1.29, 1.82) is 0 Å². The van der Waals surface area contributed by atoms with Gasteiger partial charge >= 0.3 is 0 Å². The summed E-state index contributed by atoms with van der Waals surface area (Å²) in [5.74, 6) is 0. The average molecular weight is 278 g/mol. The standard InChI is InChI=1S/C14H22N4O2/c1-9(2)17(10(3)4)16-15-13-7-11(5)12(6)8-14(13)18(19)20/h7-10H,1-6H3. The molecule has 0 fully saturated rings. The van der Waals surface area contributed by atoms with Gasteiger partial charge in [0.2, 0.25) is 0 Å². The topological polar surface area (TPSA) is 71.1 Å². The highest BCUT2D eigenvalue weighted by molar-refractivity contribution is 5.60. The Kier molecular flexibility index (Phi) is 5.19. The van der Waals surface area contributed by atoms with Crippen LogP contribution in [0.3, 0.4) is 0 Å². The van der Waals surface area contributed by atoms with Crippen molar-refractivity contribution in [1.82, 2.24) is 5.01 Å². The first-order valence-corrected chi connectivity index (χ1v) is 6.69. The first kappa shape index (κ1) is 16.1.